The van der Waals surface area contributed by atoms with E-state index < -0.39 is 13.1 Å². The van der Waals surface area contributed by atoms with Crippen LogP contribution in [0.4, 0.5) is 0 Å². The maximum atomic E-state index is 11.7. The van der Waals surface area contributed by atoms with Gasteiger partial charge in [-0.3, -0.25) is 4.79 Å². The molecule has 1 saturated carbocycles. The van der Waals surface area contributed by atoms with Crippen LogP contribution in [0, 0.1) is 23.2 Å². The van der Waals surface area contributed by atoms with Gasteiger partial charge in [-0.15, -0.1) is 0 Å². The fourth-order valence-electron chi connectivity index (χ4n) is 4.16. The zero-order chi connectivity index (χ0) is 17.0. The third-order valence-corrected chi connectivity index (χ3v) is 5.95. The highest BCUT2D eigenvalue weighted by molar-refractivity contribution is 6.40. The molecule has 0 bridgehead atoms. The number of carbonyl (C=O) groups is 1. The van der Waals surface area contributed by atoms with Crippen molar-refractivity contribution in [3.05, 3.63) is 0 Å². The largest absolute Gasteiger partial charge is 0.481 e. The number of likely N-dealkylation sites (tertiary alicyclic amines) is 1. The van der Waals surface area contributed by atoms with E-state index in [1.807, 2.05) is 0 Å². The summed E-state index contributed by atoms with van der Waals surface area (Å²) in [5, 5.41) is 27.6. The van der Waals surface area contributed by atoms with Gasteiger partial charge in [0.05, 0.1) is 5.92 Å². The lowest BCUT2D eigenvalue weighted by atomic mass is 9.69. The first-order valence-electron chi connectivity index (χ1n) is 9.08. The highest BCUT2D eigenvalue weighted by Gasteiger charge is 2.37. The molecule has 2 aliphatic rings. The molecule has 1 unspecified atom stereocenters. The van der Waals surface area contributed by atoms with Crippen LogP contribution in [-0.4, -0.2) is 52.8 Å². The number of hydrogen-bond donors (Lipinski definition) is 3. The molecule has 2 fully saturated rings. The molecule has 5 nitrogen and oxygen atoms in total. The van der Waals surface area contributed by atoms with Gasteiger partial charge in [0.1, 0.15) is 0 Å². The van der Waals surface area contributed by atoms with Crippen molar-refractivity contribution in [3.63, 3.8) is 0 Å². The molecule has 1 aliphatic heterocycles. The third kappa shape index (κ3) is 5.77. The molecule has 2 rings (SSSR count). The Balaban J connectivity index is 1.85. The fraction of sp³-hybridized carbons (Fsp3) is 0.941. The molecule has 3 atom stereocenters. The van der Waals surface area contributed by atoms with Gasteiger partial charge in [-0.05, 0) is 62.3 Å². The summed E-state index contributed by atoms with van der Waals surface area (Å²) in [5.74, 6) is -0.403. The Bertz CT molecular complexity index is 392. The second-order valence-electron chi connectivity index (χ2n) is 8.41. The lowest BCUT2D eigenvalue weighted by Gasteiger charge is -2.41. The predicted molar refractivity (Wildman–Crippen MR) is 91.0 cm³/mol. The van der Waals surface area contributed by atoms with E-state index in [2.05, 4.69) is 18.7 Å². The minimum atomic E-state index is -1.27. The molecule has 1 aliphatic carbocycles. The van der Waals surface area contributed by atoms with Crippen LogP contribution in [0.3, 0.4) is 0 Å². The number of aliphatic carboxylic acids is 1. The standard InChI is InChI=1S/C17H32BNO4/c1-17(2)6-9-19(10-7-17)12-14-4-3-13(5-8-18(22)23)11-15(14)16(20)21/h13-15,22-23H,3-12H2,1-2H3,(H,20,21)/t13?,14-,15-/m0/s1. The average Bonchev–Trinajstić information content (AvgIpc) is 2.48. The number of rotatable bonds is 6. The van der Waals surface area contributed by atoms with Crippen LogP contribution in [-0.2, 0) is 4.79 Å². The lowest BCUT2D eigenvalue weighted by Crippen LogP contribution is -2.43. The Morgan fingerprint density at radius 3 is 2.43 bits per heavy atom. The van der Waals surface area contributed by atoms with Crippen LogP contribution >= 0.6 is 0 Å². The molecule has 23 heavy (non-hydrogen) atoms. The Morgan fingerprint density at radius 2 is 1.87 bits per heavy atom. The number of carboxylic acid groups (broad SMARTS) is 1. The van der Waals surface area contributed by atoms with Gasteiger partial charge in [0, 0.05) is 6.54 Å². The minimum absolute atomic E-state index is 0.240. The normalized spacial score (nSPS) is 31.7. The zero-order valence-electron chi connectivity index (χ0n) is 14.6. The average molecular weight is 325 g/mol. The zero-order valence-corrected chi connectivity index (χ0v) is 14.6. The quantitative estimate of drug-likeness (QED) is 0.652. The van der Waals surface area contributed by atoms with Crippen molar-refractivity contribution in [2.24, 2.45) is 23.2 Å². The van der Waals surface area contributed by atoms with Gasteiger partial charge in [0.15, 0.2) is 0 Å². The van der Waals surface area contributed by atoms with E-state index in [-0.39, 0.29) is 11.8 Å². The summed E-state index contributed by atoms with van der Waals surface area (Å²) in [5.41, 5.74) is 0.422. The monoisotopic (exact) mass is 325 g/mol. The van der Waals surface area contributed by atoms with Crippen LogP contribution < -0.4 is 0 Å². The molecule has 0 radical (unpaired) electrons. The van der Waals surface area contributed by atoms with Crippen molar-refractivity contribution in [1.29, 1.82) is 0 Å². The third-order valence-electron chi connectivity index (χ3n) is 5.95. The lowest BCUT2D eigenvalue weighted by molar-refractivity contribution is -0.146. The van der Waals surface area contributed by atoms with E-state index in [1.165, 1.54) is 12.8 Å². The maximum absolute atomic E-state index is 11.7. The number of piperidine rings is 1. The summed E-state index contributed by atoms with van der Waals surface area (Å²) in [4.78, 5) is 14.1. The van der Waals surface area contributed by atoms with E-state index in [0.29, 0.717) is 30.5 Å². The number of nitrogens with zero attached hydrogens (tertiary/aromatic N) is 1. The first-order chi connectivity index (χ1) is 10.8. The molecule has 0 aromatic rings. The molecule has 1 heterocycles. The fourth-order valence-corrected chi connectivity index (χ4v) is 4.16. The van der Waals surface area contributed by atoms with Gasteiger partial charge < -0.3 is 20.1 Å². The van der Waals surface area contributed by atoms with Gasteiger partial charge in [0.25, 0.3) is 0 Å². The summed E-state index contributed by atoms with van der Waals surface area (Å²) in [6.07, 6.45) is 6.09. The number of carboxylic acids is 1. The first kappa shape index (κ1) is 18.7. The molecule has 0 aromatic heterocycles. The number of hydrogen-bond acceptors (Lipinski definition) is 4. The molecule has 6 heteroatoms. The van der Waals surface area contributed by atoms with Crippen LogP contribution in [0.25, 0.3) is 0 Å². The smallest absolute Gasteiger partial charge is 0.451 e. The van der Waals surface area contributed by atoms with Crippen LogP contribution in [0.2, 0.25) is 6.32 Å². The first-order valence-corrected chi connectivity index (χ1v) is 9.08. The molecule has 0 aromatic carbocycles. The molecule has 0 spiro atoms. The van der Waals surface area contributed by atoms with Crippen molar-refractivity contribution < 1.29 is 19.9 Å². The molecular weight excluding hydrogens is 293 g/mol. The Labute approximate surface area is 140 Å². The Hall–Kier alpha value is -0.585. The predicted octanol–water partition coefficient (Wildman–Crippen LogP) is 2.09. The second kappa shape index (κ2) is 7.99. The second-order valence-corrected chi connectivity index (χ2v) is 8.41. The summed E-state index contributed by atoms with van der Waals surface area (Å²) < 4.78 is 0. The molecule has 3 N–H and O–H groups in total. The van der Waals surface area contributed by atoms with Crippen molar-refractivity contribution >= 4 is 13.1 Å². The van der Waals surface area contributed by atoms with Gasteiger partial charge in [-0.2, -0.15) is 0 Å². The SMILES string of the molecule is CC1(C)CCN(C[C@@H]2CCC(CCB(O)O)C[C@@H]2C(=O)O)CC1. The van der Waals surface area contributed by atoms with Gasteiger partial charge in [-0.1, -0.05) is 26.7 Å². The van der Waals surface area contributed by atoms with E-state index in [4.69, 9.17) is 10.0 Å². The van der Waals surface area contributed by atoms with E-state index in [1.54, 1.807) is 0 Å². The van der Waals surface area contributed by atoms with Gasteiger partial charge in [-0.25, -0.2) is 0 Å². The molecular formula is C17H32BNO4. The van der Waals surface area contributed by atoms with Gasteiger partial charge >= 0.3 is 13.1 Å². The summed E-state index contributed by atoms with van der Waals surface area (Å²) in [6, 6.07) is 0. The summed E-state index contributed by atoms with van der Waals surface area (Å²) in [7, 11) is -1.27. The summed E-state index contributed by atoms with van der Waals surface area (Å²) in [6.45, 7) is 7.69. The van der Waals surface area contributed by atoms with Crippen LogP contribution in [0.15, 0.2) is 0 Å². The van der Waals surface area contributed by atoms with Crippen LogP contribution in [0.5, 0.6) is 0 Å². The van der Waals surface area contributed by atoms with Crippen molar-refractivity contribution in [3.8, 4) is 0 Å². The molecule has 0 amide bonds. The van der Waals surface area contributed by atoms with Crippen molar-refractivity contribution in [1.82, 2.24) is 4.90 Å². The molecule has 132 valence electrons. The molecule has 1 saturated heterocycles. The highest BCUT2D eigenvalue weighted by Crippen LogP contribution is 2.38. The highest BCUT2D eigenvalue weighted by atomic mass is 16.4. The van der Waals surface area contributed by atoms with Crippen LogP contribution in [0.1, 0.15) is 52.4 Å². The van der Waals surface area contributed by atoms with E-state index >= 15 is 0 Å². The maximum Gasteiger partial charge on any atom is 0.451 e. The summed E-state index contributed by atoms with van der Waals surface area (Å²) >= 11 is 0. The van der Waals surface area contributed by atoms with E-state index in [9.17, 15) is 9.90 Å². The Kier molecular flexibility index (Phi) is 6.52. The van der Waals surface area contributed by atoms with Crippen molar-refractivity contribution in [2.75, 3.05) is 19.6 Å². The van der Waals surface area contributed by atoms with Crippen molar-refractivity contribution in [2.45, 2.75) is 58.7 Å². The van der Waals surface area contributed by atoms with E-state index in [0.717, 1.165) is 32.5 Å². The topological polar surface area (TPSA) is 81.0 Å². The Morgan fingerprint density at radius 1 is 1.22 bits per heavy atom. The van der Waals surface area contributed by atoms with Gasteiger partial charge in [0.2, 0.25) is 0 Å². The minimum Gasteiger partial charge on any atom is -0.481 e.